The summed E-state index contributed by atoms with van der Waals surface area (Å²) >= 11 is 0. The first-order chi connectivity index (χ1) is 10.3. The molecule has 4 nitrogen and oxygen atoms in total. The van der Waals surface area contributed by atoms with Crippen molar-refractivity contribution in [1.82, 2.24) is 4.90 Å². The third-order valence-corrected chi connectivity index (χ3v) is 3.09. The summed E-state index contributed by atoms with van der Waals surface area (Å²) in [7, 11) is 0. The van der Waals surface area contributed by atoms with Gasteiger partial charge in [0, 0.05) is 18.7 Å². The standard InChI is InChI=1S/C17H26N2O2/c1-2-3-10-19(11-13-20)12-14-21-17-8-4-6-16(15-17)7-5-9-18/h4,6,8,15,20H,2-3,9-14,18H2,1H3. The van der Waals surface area contributed by atoms with Gasteiger partial charge in [-0.2, -0.15) is 0 Å². The van der Waals surface area contributed by atoms with Crippen LogP contribution in [0.1, 0.15) is 25.3 Å². The highest BCUT2D eigenvalue weighted by Gasteiger charge is 2.04. The lowest BCUT2D eigenvalue weighted by atomic mass is 10.2. The zero-order valence-electron chi connectivity index (χ0n) is 12.8. The molecule has 1 aromatic rings. The van der Waals surface area contributed by atoms with E-state index in [1.165, 1.54) is 0 Å². The summed E-state index contributed by atoms with van der Waals surface area (Å²) in [5, 5.41) is 9.06. The second-order valence-corrected chi connectivity index (χ2v) is 4.80. The molecule has 0 fully saturated rings. The number of aliphatic hydroxyl groups is 1. The van der Waals surface area contributed by atoms with Gasteiger partial charge in [-0.1, -0.05) is 31.3 Å². The molecule has 21 heavy (non-hydrogen) atoms. The van der Waals surface area contributed by atoms with Gasteiger partial charge in [0.1, 0.15) is 12.4 Å². The fourth-order valence-electron chi connectivity index (χ4n) is 1.97. The first-order valence-electron chi connectivity index (χ1n) is 7.55. The summed E-state index contributed by atoms with van der Waals surface area (Å²) in [6, 6.07) is 7.72. The van der Waals surface area contributed by atoms with Crippen molar-refractivity contribution in [3.63, 3.8) is 0 Å². The van der Waals surface area contributed by atoms with Gasteiger partial charge in [0.15, 0.2) is 0 Å². The molecule has 3 N–H and O–H groups in total. The number of nitrogens with zero attached hydrogens (tertiary/aromatic N) is 1. The molecule has 1 rings (SSSR count). The topological polar surface area (TPSA) is 58.7 Å². The molecule has 0 heterocycles. The van der Waals surface area contributed by atoms with Crippen LogP contribution < -0.4 is 10.5 Å². The Morgan fingerprint density at radius 3 is 2.86 bits per heavy atom. The van der Waals surface area contributed by atoms with Gasteiger partial charge in [-0.05, 0) is 31.2 Å². The highest BCUT2D eigenvalue weighted by atomic mass is 16.5. The molecule has 116 valence electrons. The Labute approximate surface area is 127 Å². The maximum Gasteiger partial charge on any atom is 0.120 e. The molecular weight excluding hydrogens is 264 g/mol. The Morgan fingerprint density at radius 2 is 2.14 bits per heavy atom. The van der Waals surface area contributed by atoms with E-state index in [9.17, 15) is 0 Å². The van der Waals surface area contributed by atoms with Gasteiger partial charge in [0.2, 0.25) is 0 Å². The second-order valence-electron chi connectivity index (χ2n) is 4.80. The van der Waals surface area contributed by atoms with Crippen molar-refractivity contribution < 1.29 is 9.84 Å². The Balaban J connectivity index is 2.42. The van der Waals surface area contributed by atoms with E-state index in [0.29, 0.717) is 19.7 Å². The second kappa shape index (κ2) is 11.2. The third-order valence-electron chi connectivity index (χ3n) is 3.09. The molecule has 0 radical (unpaired) electrons. The summed E-state index contributed by atoms with van der Waals surface area (Å²) in [4.78, 5) is 2.22. The normalized spacial score (nSPS) is 10.3. The molecule has 0 aliphatic carbocycles. The molecule has 0 aromatic heterocycles. The molecule has 0 aliphatic rings. The van der Waals surface area contributed by atoms with Crippen molar-refractivity contribution in [2.24, 2.45) is 5.73 Å². The van der Waals surface area contributed by atoms with Crippen molar-refractivity contribution in [1.29, 1.82) is 0 Å². The van der Waals surface area contributed by atoms with E-state index in [0.717, 1.165) is 37.2 Å². The van der Waals surface area contributed by atoms with Crippen LogP contribution in [-0.2, 0) is 0 Å². The van der Waals surface area contributed by atoms with Gasteiger partial charge in [-0.25, -0.2) is 0 Å². The number of hydrogen-bond donors (Lipinski definition) is 2. The lowest BCUT2D eigenvalue weighted by Gasteiger charge is -2.21. The van der Waals surface area contributed by atoms with Crippen LogP contribution in [0.4, 0.5) is 0 Å². The zero-order chi connectivity index (χ0) is 15.3. The molecule has 4 heteroatoms. The summed E-state index contributed by atoms with van der Waals surface area (Å²) in [6.07, 6.45) is 2.30. The lowest BCUT2D eigenvalue weighted by molar-refractivity contribution is 0.167. The molecule has 0 bridgehead atoms. The van der Waals surface area contributed by atoms with E-state index in [1.807, 2.05) is 24.3 Å². The number of hydrogen-bond acceptors (Lipinski definition) is 4. The Hall–Kier alpha value is -1.54. The smallest absolute Gasteiger partial charge is 0.120 e. The number of ether oxygens (including phenoxy) is 1. The molecule has 0 spiro atoms. The van der Waals surface area contributed by atoms with E-state index >= 15 is 0 Å². The van der Waals surface area contributed by atoms with Gasteiger partial charge >= 0.3 is 0 Å². The SMILES string of the molecule is CCCCN(CCO)CCOc1cccc(C#CCN)c1. The molecule has 0 amide bonds. The first-order valence-corrected chi connectivity index (χ1v) is 7.55. The van der Waals surface area contributed by atoms with Crippen LogP contribution in [0.5, 0.6) is 5.75 Å². The molecule has 0 atom stereocenters. The molecular formula is C17H26N2O2. The number of nitrogens with two attached hydrogens (primary N) is 1. The van der Waals surface area contributed by atoms with E-state index in [2.05, 4.69) is 23.7 Å². The monoisotopic (exact) mass is 290 g/mol. The Kier molecular flexibility index (Phi) is 9.30. The van der Waals surface area contributed by atoms with Gasteiger partial charge in [-0.15, -0.1) is 0 Å². The zero-order valence-corrected chi connectivity index (χ0v) is 12.8. The van der Waals surface area contributed by atoms with E-state index in [1.54, 1.807) is 0 Å². The third kappa shape index (κ3) is 7.72. The molecule has 0 aliphatic heterocycles. The Bertz CT molecular complexity index is 452. The average Bonchev–Trinajstić information content (AvgIpc) is 2.51. The van der Waals surface area contributed by atoms with Crippen LogP contribution >= 0.6 is 0 Å². The van der Waals surface area contributed by atoms with Crippen LogP contribution in [0.3, 0.4) is 0 Å². The van der Waals surface area contributed by atoms with Crippen molar-refractivity contribution in [3.8, 4) is 17.6 Å². The average molecular weight is 290 g/mol. The number of rotatable bonds is 9. The predicted molar refractivity (Wildman–Crippen MR) is 86.3 cm³/mol. The molecule has 1 aromatic carbocycles. The summed E-state index contributed by atoms with van der Waals surface area (Å²) in [5.74, 6) is 6.64. The predicted octanol–water partition coefficient (Wildman–Crippen LogP) is 1.47. The van der Waals surface area contributed by atoms with Crippen LogP contribution in [0.2, 0.25) is 0 Å². The Morgan fingerprint density at radius 1 is 1.29 bits per heavy atom. The highest BCUT2D eigenvalue weighted by Crippen LogP contribution is 2.12. The van der Waals surface area contributed by atoms with Crippen molar-refractivity contribution >= 4 is 0 Å². The van der Waals surface area contributed by atoms with E-state index in [4.69, 9.17) is 15.6 Å². The molecule has 0 saturated heterocycles. The minimum atomic E-state index is 0.188. The van der Waals surface area contributed by atoms with Gasteiger partial charge in [0.05, 0.1) is 13.2 Å². The molecule has 0 unspecified atom stereocenters. The van der Waals surface area contributed by atoms with Gasteiger partial charge < -0.3 is 15.6 Å². The van der Waals surface area contributed by atoms with Crippen molar-refractivity contribution in [2.45, 2.75) is 19.8 Å². The minimum absolute atomic E-state index is 0.188. The summed E-state index contributed by atoms with van der Waals surface area (Å²) in [6.45, 7) is 5.85. The van der Waals surface area contributed by atoms with Crippen molar-refractivity contribution in [3.05, 3.63) is 29.8 Å². The quantitative estimate of drug-likeness (QED) is 0.676. The first kappa shape index (κ1) is 17.5. The maximum absolute atomic E-state index is 9.06. The fraction of sp³-hybridized carbons (Fsp3) is 0.529. The van der Waals surface area contributed by atoms with Crippen LogP contribution in [-0.4, -0.2) is 49.4 Å². The van der Waals surface area contributed by atoms with E-state index < -0.39 is 0 Å². The van der Waals surface area contributed by atoms with Crippen molar-refractivity contribution in [2.75, 3.05) is 39.4 Å². The van der Waals surface area contributed by atoms with Crippen LogP contribution in [0.25, 0.3) is 0 Å². The highest BCUT2D eigenvalue weighted by molar-refractivity contribution is 5.39. The van der Waals surface area contributed by atoms with E-state index in [-0.39, 0.29) is 6.61 Å². The van der Waals surface area contributed by atoms with Gasteiger partial charge in [0.25, 0.3) is 0 Å². The lowest BCUT2D eigenvalue weighted by Crippen LogP contribution is -2.32. The fourth-order valence-corrected chi connectivity index (χ4v) is 1.97. The number of aliphatic hydroxyl groups excluding tert-OH is 1. The summed E-state index contributed by atoms with van der Waals surface area (Å²) in [5.41, 5.74) is 6.28. The minimum Gasteiger partial charge on any atom is -0.492 e. The number of benzene rings is 1. The van der Waals surface area contributed by atoms with Crippen LogP contribution in [0.15, 0.2) is 24.3 Å². The molecule has 0 saturated carbocycles. The summed E-state index contributed by atoms with van der Waals surface area (Å²) < 4.78 is 5.76. The number of unbranched alkanes of at least 4 members (excludes halogenated alkanes) is 1. The maximum atomic E-state index is 9.06. The van der Waals surface area contributed by atoms with Gasteiger partial charge in [-0.3, -0.25) is 4.90 Å². The van der Waals surface area contributed by atoms with Crippen LogP contribution in [0, 0.1) is 11.8 Å². The largest absolute Gasteiger partial charge is 0.492 e.